The molecule has 0 saturated heterocycles. The predicted molar refractivity (Wildman–Crippen MR) is 131 cm³/mol. The van der Waals surface area contributed by atoms with Crippen molar-refractivity contribution in [2.24, 2.45) is 0 Å². The molecule has 0 aliphatic heterocycles. The molecule has 34 heavy (non-hydrogen) atoms. The number of carbonyl (C=O) groups excluding carboxylic acids is 2. The summed E-state index contributed by atoms with van der Waals surface area (Å²) in [6.07, 6.45) is 3.65. The normalized spacial score (nSPS) is 15.3. The van der Waals surface area contributed by atoms with Gasteiger partial charge in [-0.3, -0.25) is 0 Å². The van der Waals surface area contributed by atoms with E-state index in [4.69, 9.17) is 29.0 Å². The average molecular weight is 489 g/mol. The van der Waals surface area contributed by atoms with Crippen LogP contribution in [0.2, 0.25) is 0 Å². The van der Waals surface area contributed by atoms with Crippen molar-refractivity contribution < 1.29 is 38.6 Å². The van der Waals surface area contributed by atoms with Gasteiger partial charge in [-0.05, 0) is 82.1 Å². The Balaban J connectivity index is 4.54. The smallest absolute Gasteiger partial charge is 0.331 e. The maximum absolute atomic E-state index is 12.1. The van der Waals surface area contributed by atoms with Crippen molar-refractivity contribution in [2.75, 3.05) is 0 Å². The number of rotatable bonds is 16. The lowest BCUT2D eigenvalue weighted by Gasteiger charge is -2.31. The standard InChI is InChI=1S/C26H48O8/c1-13-23(5,6)31-33-25(9,10)17-19(3)29-21(27)15-16-22(28)30-20(4)18-26(11,12)34-32-24(7,8)14-2/h15-16,19-20H,13-14,17-18H2,1-12H3. The van der Waals surface area contributed by atoms with Gasteiger partial charge in [0.2, 0.25) is 0 Å². The van der Waals surface area contributed by atoms with Gasteiger partial charge in [-0.25, -0.2) is 29.1 Å². The van der Waals surface area contributed by atoms with Crippen molar-refractivity contribution in [1.29, 1.82) is 0 Å². The molecule has 0 rings (SSSR count). The minimum atomic E-state index is -0.658. The van der Waals surface area contributed by atoms with Gasteiger partial charge >= 0.3 is 11.9 Å². The first kappa shape index (κ1) is 32.5. The summed E-state index contributed by atoms with van der Waals surface area (Å²) in [5.41, 5.74) is -2.12. The van der Waals surface area contributed by atoms with Gasteiger partial charge in [-0.1, -0.05) is 13.8 Å². The summed E-state index contributed by atoms with van der Waals surface area (Å²) in [6.45, 7) is 22.7. The van der Waals surface area contributed by atoms with E-state index in [1.165, 1.54) is 0 Å². The van der Waals surface area contributed by atoms with Crippen LogP contribution < -0.4 is 0 Å². The predicted octanol–water partition coefficient (Wildman–Crippen LogP) is 6.02. The largest absolute Gasteiger partial charge is 0.459 e. The second-order valence-corrected chi connectivity index (χ2v) is 11.3. The van der Waals surface area contributed by atoms with E-state index in [9.17, 15) is 9.59 Å². The van der Waals surface area contributed by atoms with Crippen LogP contribution in [0, 0.1) is 0 Å². The zero-order chi connectivity index (χ0) is 26.8. The molecule has 0 spiro atoms. The highest BCUT2D eigenvalue weighted by atomic mass is 17.2. The zero-order valence-corrected chi connectivity index (χ0v) is 23.4. The molecular formula is C26H48O8. The van der Waals surface area contributed by atoms with Crippen LogP contribution in [-0.4, -0.2) is 46.6 Å². The van der Waals surface area contributed by atoms with Crippen molar-refractivity contribution >= 4 is 11.9 Å². The van der Waals surface area contributed by atoms with Gasteiger partial charge in [0.1, 0.15) is 23.4 Å². The summed E-state index contributed by atoms with van der Waals surface area (Å²) >= 11 is 0. The Morgan fingerprint density at radius 2 is 0.853 bits per heavy atom. The molecule has 0 fully saturated rings. The lowest BCUT2D eigenvalue weighted by atomic mass is 10.0. The second kappa shape index (κ2) is 13.6. The molecule has 0 amide bonds. The molecule has 0 aromatic rings. The molecule has 8 heteroatoms. The van der Waals surface area contributed by atoms with Crippen molar-refractivity contribution in [3.8, 4) is 0 Å². The molecule has 0 aliphatic carbocycles. The maximum atomic E-state index is 12.1. The first-order valence-electron chi connectivity index (χ1n) is 12.1. The molecule has 0 bridgehead atoms. The molecule has 0 aliphatic rings. The van der Waals surface area contributed by atoms with Gasteiger partial charge in [0, 0.05) is 25.0 Å². The summed E-state index contributed by atoms with van der Waals surface area (Å²) in [5.74, 6) is -1.27. The fourth-order valence-corrected chi connectivity index (χ4v) is 2.72. The van der Waals surface area contributed by atoms with E-state index in [-0.39, 0.29) is 0 Å². The Morgan fingerprint density at radius 3 is 1.12 bits per heavy atom. The number of hydrogen-bond acceptors (Lipinski definition) is 8. The molecule has 0 radical (unpaired) electrons. The summed E-state index contributed by atoms with van der Waals surface area (Å²) in [7, 11) is 0. The van der Waals surface area contributed by atoms with Gasteiger partial charge in [-0.15, -0.1) is 0 Å². The first-order valence-corrected chi connectivity index (χ1v) is 12.1. The molecule has 0 aromatic heterocycles. The summed E-state index contributed by atoms with van der Waals surface area (Å²) in [5, 5.41) is 0. The molecular weight excluding hydrogens is 440 g/mol. The van der Waals surface area contributed by atoms with Crippen LogP contribution >= 0.6 is 0 Å². The third-order valence-electron chi connectivity index (χ3n) is 5.24. The van der Waals surface area contributed by atoms with Crippen LogP contribution in [0.4, 0.5) is 0 Å². The van der Waals surface area contributed by atoms with Crippen molar-refractivity contribution in [1.82, 2.24) is 0 Å². The van der Waals surface area contributed by atoms with Gasteiger partial charge in [0.25, 0.3) is 0 Å². The van der Waals surface area contributed by atoms with Gasteiger partial charge in [0.05, 0.1) is 11.2 Å². The van der Waals surface area contributed by atoms with E-state index in [2.05, 4.69) is 0 Å². The summed E-state index contributed by atoms with van der Waals surface area (Å²) in [4.78, 5) is 46.3. The molecule has 2 atom stereocenters. The molecule has 200 valence electrons. The Hall–Kier alpha value is -1.48. The van der Waals surface area contributed by atoms with Crippen molar-refractivity contribution in [3.63, 3.8) is 0 Å². The first-order chi connectivity index (χ1) is 15.3. The van der Waals surface area contributed by atoms with E-state index in [0.29, 0.717) is 12.8 Å². The Bertz CT molecular complexity index is 608. The fourth-order valence-electron chi connectivity index (χ4n) is 2.72. The number of carbonyl (C=O) groups is 2. The topological polar surface area (TPSA) is 89.5 Å². The third kappa shape index (κ3) is 15.4. The quantitative estimate of drug-likeness (QED) is 0.113. The minimum absolute atomic E-state index is 0.405. The van der Waals surface area contributed by atoms with Crippen LogP contribution in [0.15, 0.2) is 12.2 Å². The number of esters is 2. The SMILES string of the molecule is CCC(C)(C)OOC(C)(C)CC(C)OC(=O)C=CC(=O)OC(C)CC(C)(C)OOC(C)(C)CC. The van der Waals surface area contributed by atoms with Crippen LogP contribution in [0.3, 0.4) is 0 Å². The maximum Gasteiger partial charge on any atom is 0.331 e. The lowest BCUT2D eigenvalue weighted by Crippen LogP contribution is -2.35. The molecule has 8 nitrogen and oxygen atoms in total. The summed E-state index contributed by atoms with van der Waals surface area (Å²) < 4.78 is 10.7. The Labute approximate surface area is 206 Å². The van der Waals surface area contributed by atoms with Crippen LogP contribution in [0.5, 0.6) is 0 Å². The number of hydrogen-bond donors (Lipinski definition) is 0. The fraction of sp³-hybridized carbons (Fsp3) is 0.846. The summed E-state index contributed by atoms with van der Waals surface area (Å²) in [6, 6.07) is 0. The lowest BCUT2D eigenvalue weighted by molar-refractivity contribution is -0.403. The van der Waals surface area contributed by atoms with E-state index in [1.54, 1.807) is 13.8 Å². The van der Waals surface area contributed by atoms with Crippen molar-refractivity contribution in [2.45, 2.75) is 143 Å². The zero-order valence-electron chi connectivity index (χ0n) is 23.4. The van der Waals surface area contributed by atoms with Crippen LogP contribution in [0.25, 0.3) is 0 Å². The number of ether oxygens (including phenoxy) is 2. The minimum Gasteiger partial charge on any atom is -0.459 e. The Morgan fingerprint density at radius 1 is 0.588 bits per heavy atom. The van der Waals surface area contributed by atoms with Gasteiger partial charge in [-0.2, -0.15) is 0 Å². The monoisotopic (exact) mass is 488 g/mol. The van der Waals surface area contributed by atoms with Crippen LogP contribution in [0.1, 0.15) is 109 Å². The third-order valence-corrected chi connectivity index (χ3v) is 5.24. The molecule has 0 N–H and O–H groups in total. The van der Waals surface area contributed by atoms with Gasteiger partial charge < -0.3 is 9.47 Å². The molecule has 0 saturated carbocycles. The van der Waals surface area contributed by atoms with Crippen LogP contribution in [-0.2, 0) is 38.6 Å². The molecule has 0 aromatic carbocycles. The van der Waals surface area contributed by atoms with Crippen molar-refractivity contribution in [3.05, 3.63) is 12.2 Å². The highest BCUT2D eigenvalue weighted by molar-refractivity contribution is 5.91. The van der Waals surface area contributed by atoms with E-state index in [1.807, 2.05) is 69.2 Å². The molecule has 2 unspecified atom stereocenters. The highest BCUT2D eigenvalue weighted by Gasteiger charge is 2.30. The average Bonchev–Trinajstić information content (AvgIpc) is 2.69. The molecule has 0 heterocycles. The van der Waals surface area contributed by atoms with E-state index < -0.39 is 46.6 Å². The van der Waals surface area contributed by atoms with E-state index in [0.717, 1.165) is 25.0 Å². The van der Waals surface area contributed by atoms with Gasteiger partial charge in [0.15, 0.2) is 0 Å². The highest BCUT2D eigenvalue weighted by Crippen LogP contribution is 2.25. The Kier molecular flexibility index (Phi) is 13.0. The van der Waals surface area contributed by atoms with E-state index >= 15 is 0 Å². The second-order valence-electron chi connectivity index (χ2n) is 11.3.